The Bertz CT molecular complexity index is 924. The summed E-state index contributed by atoms with van der Waals surface area (Å²) in [5.74, 6) is -1.58. The lowest BCUT2D eigenvalue weighted by Crippen LogP contribution is -2.30. The van der Waals surface area contributed by atoms with Gasteiger partial charge in [0.2, 0.25) is 15.9 Å². The van der Waals surface area contributed by atoms with Crippen LogP contribution in [0.25, 0.3) is 0 Å². The molecular weight excluding hydrogens is 364 g/mol. The van der Waals surface area contributed by atoms with Crippen LogP contribution in [0.4, 0.5) is 11.4 Å². The fourth-order valence-corrected chi connectivity index (χ4v) is 4.52. The Kier molecular flexibility index (Phi) is 4.53. The van der Waals surface area contributed by atoms with Crippen molar-refractivity contribution in [2.45, 2.75) is 6.92 Å². The van der Waals surface area contributed by atoms with E-state index in [0.717, 1.165) is 4.31 Å². The topological polar surface area (TPSA) is 83.6 Å². The van der Waals surface area contributed by atoms with Crippen LogP contribution in [-0.4, -0.2) is 26.0 Å². The summed E-state index contributed by atoms with van der Waals surface area (Å²) in [4.78, 5) is 24.3. The highest BCUT2D eigenvalue weighted by Gasteiger charge is 2.41. The van der Waals surface area contributed by atoms with Crippen molar-refractivity contribution in [3.8, 4) is 0 Å². The third-order valence-corrected chi connectivity index (χ3v) is 5.95. The lowest BCUT2D eigenvalue weighted by molar-refractivity contribution is -0.119. The maximum atomic E-state index is 12.2. The van der Waals surface area contributed by atoms with E-state index in [1.54, 1.807) is 31.2 Å². The number of amides is 2. The number of nitrogens with zero attached hydrogens (tertiary/aromatic N) is 1. The molecule has 130 valence electrons. The lowest BCUT2D eigenvalue weighted by Gasteiger charge is -2.15. The second kappa shape index (κ2) is 6.50. The molecule has 0 aliphatic carbocycles. The fourth-order valence-electron chi connectivity index (χ4n) is 2.57. The molecule has 0 spiro atoms. The number of carbonyl (C=O) groups is 2. The van der Waals surface area contributed by atoms with Crippen LogP contribution < -0.4 is 9.62 Å². The number of sulfonamides is 1. The number of rotatable bonds is 3. The number of anilines is 2. The van der Waals surface area contributed by atoms with E-state index in [-0.39, 0.29) is 17.3 Å². The molecule has 2 amide bonds. The lowest BCUT2D eigenvalue weighted by atomic mass is 10.1. The van der Waals surface area contributed by atoms with Crippen molar-refractivity contribution in [1.82, 2.24) is 0 Å². The SMILES string of the molecule is C[C@@H]1CS(=O)(=O)N(c2ccc(C(=O)Nc3ccc(Cl)cc3)cc2)C1=O. The molecule has 1 N–H and O–H groups in total. The van der Waals surface area contributed by atoms with Crippen LogP contribution in [0.3, 0.4) is 0 Å². The minimum atomic E-state index is -3.65. The fraction of sp³-hybridized carbons (Fsp3) is 0.176. The summed E-state index contributed by atoms with van der Waals surface area (Å²) >= 11 is 5.80. The number of benzene rings is 2. The second-order valence-corrected chi connectivity index (χ2v) is 8.09. The number of nitrogens with one attached hydrogen (secondary N) is 1. The van der Waals surface area contributed by atoms with E-state index in [9.17, 15) is 18.0 Å². The summed E-state index contributed by atoms with van der Waals surface area (Å²) < 4.78 is 25.0. The van der Waals surface area contributed by atoms with Crippen molar-refractivity contribution >= 4 is 44.8 Å². The van der Waals surface area contributed by atoms with Crippen molar-refractivity contribution in [2.75, 3.05) is 15.4 Å². The van der Waals surface area contributed by atoms with E-state index in [4.69, 9.17) is 11.6 Å². The third-order valence-electron chi connectivity index (χ3n) is 3.83. The summed E-state index contributed by atoms with van der Waals surface area (Å²) in [6.07, 6.45) is 0. The standard InChI is InChI=1S/C17H15ClN2O4S/c1-11-10-25(23,24)20(17(11)22)15-8-2-12(3-9-15)16(21)19-14-6-4-13(18)5-7-14/h2-9,11H,10H2,1H3,(H,19,21)/t11-/m1/s1. The van der Waals surface area contributed by atoms with Gasteiger partial charge in [-0.05, 0) is 48.5 Å². The van der Waals surface area contributed by atoms with Crippen molar-refractivity contribution < 1.29 is 18.0 Å². The molecule has 0 radical (unpaired) electrons. The smallest absolute Gasteiger partial charge is 0.255 e. The Morgan fingerprint density at radius 1 is 1.12 bits per heavy atom. The summed E-state index contributed by atoms with van der Waals surface area (Å²) in [5.41, 5.74) is 1.16. The molecular formula is C17H15ClN2O4S. The van der Waals surface area contributed by atoms with Gasteiger partial charge in [-0.25, -0.2) is 12.7 Å². The van der Waals surface area contributed by atoms with Crippen LogP contribution in [0, 0.1) is 5.92 Å². The molecule has 2 aromatic rings. The molecule has 1 atom stereocenters. The quantitative estimate of drug-likeness (QED) is 0.890. The Balaban J connectivity index is 1.79. The normalized spacial score (nSPS) is 19.0. The molecule has 8 heteroatoms. The van der Waals surface area contributed by atoms with Gasteiger partial charge in [-0.15, -0.1) is 0 Å². The molecule has 1 aliphatic rings. The van der Waals surface area contributed by atoms with Gasteiger partial charge in [-0.1, -0.05) is 18.5 Å². The first-order valence-electron chi connectivity index (χ1n) is 7.52. The summed E-state index contributed by atoms with van der Waals surface area (Å²) in [6, 6.07) is 12.5. The molecule has 25 heavy (non-hydrogen) atoms. The molecule has 2 aromatic carbocycles. The first kappa shape index (κ1) is 17.4. The maximum Gasteiger partial charge on any atom is 0.255 e. The average Bonchev–Trinajstić information content (AvgIpc) is 2.77. The zero-order valence-corrected chi connectivity index (χ0v) is 14.8. The third kappa shape index (κ3) is 3.52. The maximum absolute atomic E-state index is 12.2. The highest BCUT2D eigenvalue weighted by atomic mass is 35.5. The Labute approximate surface area is 150 Å². The minimum Gasteiger partial charge on any atom is -0.322 e. The summed E-state index contributed by atoms with van der Waals surface area (Å²) in [6.45, 7) is 1.58. The number of halogens is 1. The molecule has 0 aromatic heterocycles. The number of hydrogen-bond donors (Lipinski definition) is 1. The van der Waals surface area contributed by atoms with Gasteiger partial charge in [-0.2, -0.15) is 0 Å². The van der Waals surface area contributed by atoms with E-state index >= 15 is 0 Å². The average molecular weight is 379 g/mol. The largest absolute Gasteiger partial charge is 0.322 e. The van der Waals surface area contributed by atoms with Crippen LogP contribution in [0.5, 0.6) is 0 Å². The molecule has 0 saturated carbocycles. The number of hydrogen-bond acceptors (Lipinski definition) is 4. The van der Waals surface area contributed by atoms with Gasteiger partial charge in [0.15, 0.2) is 0 Å². The molecule has 1 aliphatic heterocycles. The first-order chi connectivity index (χ1) is 11.8. The monoisotopic (exact) mass is 378 g/mol. The van der Waals surface area contributed by atoms with E-state index in [0.29, 0.717) is 16.3 Å². The van der Waals surface area contributed by atoms with Gasteiger partial charge >= 0.3 is 0 Å². The van der Waals surface area contributed by atoms with Crippen molar-refractivity contribution in [3.05, 3.63) is 59.1 Å². The Morgan fingerprint density at radius 3 is 2.24 bits per heavy atom. The van der Waals surface area contributed by atoms with Crippen molar-refractivity contribution in [1.29, 1.82) is 0 Å². The Hall–Kier alpha value is -2.38. The molecule has 0 bridgehead atoms. The second-order valence-electron chi connectivity index (χ2n) is 5.79. The first-order valence-corrected chi connectivity index (χ1v) is 9.50. The van der Waals surface area contributed by atoms with Gasteiger partial charge in [0.25, 0.3) is 5.91 Å². The van der Waals surface area contributed by atoms with Crippen LogP contribution in [0.1, 0.15) is 17.3 Å². The molecule has 3 rings (SSSR count). The van der Waals surface area contributed by atoms with Gasteiger partial charge in [-0.3, -0.25) is 9.59 Å². The molecule has 1 saturated heterocycles. The van der Waals surface area contributed by atoms with Crippen LogP contribution in [0.2, 0.25) is 5.02 Å². The molecule has 6 nitrogen and oxygen atoms in total. The van der Waals surface area contributed by atoms with E-state index in [1.165, 1.54) is 24.3 Å². The van der Waals surface area contributed by atoms with Gasteiger partial charge in [0.05, 0.1) is 17.4 Å². The highest BCUT2D eigenvalue weighted by molar-refractivity contribution is 7.94. The van der Waals surface area contributed by atoms with Gasteiger partial charge in [0, 0.05) is 16.3 Å². The van der Waals surface area contributed by atoms with E-state index < -0.39 is 21.8 Å². The Morgan fingerprint density at radius 2 is 1.72 bits per heavy atom. The van der Waals surface area contributed by atoms with Crippen LogP contribution in [0.15, 0.2) is 48.5 Å². The minimum absolute atomic E-state index is 0.204. The summed E-state index contributed by atoms with van der Waals surface area (Å²) in [5, 5.41) is 3.27. The van der Waals surface area contributed by atoms with Crippen molar-refractivity contribution in [2.24, 2.45) is 5.92 Å². The predicted octanol–water partition coefficient (Wildman–Crippen LogP) is 2.90. The zero-order valence-electron chi connectivity index (χ0n) is 13.3. The zero-order chi connectivity index (χ0) is 18.2. The predicted molar refractivity (Wildman–Crippen MR) is 96.3 cm³/mol. The van der Waals surface area contributed by atoms with E-state index in [1.807, 2.05) is 0 Å². The van der Waals surface area contributed by atoms with Gasteiger partial charge < -0.3 is 5.32 Å². The van der Waals surface area contributed by atoms with Gasteiger partial charge in [0.1, 0.15) is 0 Å². The molecule has 0 unspecified atom stereocenters. The number of carbonyl (C=O) groups excluding carboxylic acids is 2. The van der Waals surface area contributed by atoms with E-state index in [2.05, 4.69) is 5.32 Å². The molecule has 1 heterocycles. The van der Waals surface area contributed by atoms with Crippen molar-refractivity contribution in [3.63, 3.8) is 0 Å². The van der Waals surface area contributed by atoms with Crippen LogP contribution >= 0.6 is 11.6 Å². The molecule has 1 fully saturated rings. The summed E-state index contributed by atoms with van der Waals surface area (Å²) in [7, 11) is -3.65. The highest BCUT2D eigenvalue weighted by Crippen LogP contribution is 2.28. The van der Waals surface area contributed by atoms with Crippen LogP contribution in [-0.2, 0) is 14.8 Å².